The molecule has 134 valence electrons. The van der Waals surface area contributed by atoms with Crippen LogP contribution in [0, 0.1) is 11.3 Å². The van der Waals surface area contributed by atoms with Crippen molar-refractivity contribution >= 4 is 5.91 Å². The summed E-state index contributed by atoms with van der Waals surface area (Å²) in [5.74, 6) is 0.143. The molecule has 5 nitrogen and oxygen atoms in total. The van der Waals surface area contributed by atoms with Gasteiger partial charge in [0.15, 0.2) is 0 Å². The molecule has 1 heterocycles. The summed E-state index contributed by atoms with van der Waals surface area (Å²) in [5.41, 5.74) is 2.49. The molecule has 1 aromatic carbocycles. The molecule has 0 unspecified atom stereocenters. The number of benzene rings is 1. The zero-order valence-electron chi connectivity index (χ0n) is 14.8. The average Bonchev–Trinajstić information content (AvgIpc) is 2.68. The van der Waals surface area contributed by atoms with Crippen molar-refractivity contribution in [3.8, 4) is 6.07 Å². The van der Waals surface area contributed by atoms with Crippen LogP contribution in [0.5, 0.6) is 0 Å². The second-order valence-electron chi connectivity index (χ2n) is 6.83. The number of hydrogen-bond donors (Lipinski definition) is 0. The predicted octanol–water partition coefficient (Wildman–Crippen LogP) is 2.18. The highest BCUT2D eigenvalue weighted by molar-refractivity contribution is 5.84. The highest BCUT2D eigenvalue weighted by Crippen LogP contribution is 2.32. The molecule has 0 bridgehead atoms. The number of nitrogens with zero attached hydrogens (tertiary/aromatic N) is 3. The fourth-order valence-corrected chi connectivity index (χ4v) is 3.83. The topological polar surface area (TPSA) is 56.6 Å². The number of morpholine rings is 1. The summed E-state index contributed by atoms with van der Waals surface area (Å²) in [6, 6.07) is 10.5. The highest BCUT2D eigenvalue weighted by atomic mass is 16.5. The molecule has 0 radical (unpaired) electrons. The van der Waals surface area contributed by atoms with E-state index in [0.717, 1.165) is 52.1 Å². The number of aryl methyl sites for hydroxylation is 1. The quantitative estimate of drug-likeness (QED) is 0.796. The van der Waals surface area contributed by atoms with Crippen molar-refractivity contribution in [1.82, 2.24) is 9.80 Å². The third-order valence-electron chi connectivity index (χ3n) is 5.26. The Morgan fingerprint density at radius 3 is 2.88 bits per heavy atom. The maximum Gasteiger partial charge on any atom is 0.230 e. The lowest BCUT2D eigenvalue weighted by Crippen LogP contribution is -2.44. The Bertz CT molecular complexity index is 620. The van der Waals surface area contributed by atoms with Gasteiger partial charge in [-0.1, -0.05) is 24.3 Å². The second-order valence-corrected chi connectivity index (χ2v) is 6.83. The molecular formula is C20H27N3O2. The standard InChI is InChI=1S/C20H27N3O2/c21-9-4-10-23(12-11-22-13-15-25-16-14-22)20(24)19-8-3-6-17-5-1-2-7-18(17)19/h1-2,5,7,19H,3-4,6,8,10-16H2/t19-/m1/s1. The first-order valence-corrected chi connectivity index (χ1v) is 9.33. The molecule has 1 aliphatic heterocycles. The summed E-state index contributed by atoms with van der Waals surface area (Å²) in [5, 5.41) is 8.97. The number of nitriles is 1. The molecule has 2 aliphatic rings. The molecule has 3 rings (SSSR count). The summed E-state index contributed by atoms with van der Waals surface area (Å²) in [6.07, 6.45) is 3.43. The van der Waals surface area contributed by atoms with Crippen molar-refractivity contribution in [3.63, 3.8) is 0 Å². The normalized spacial score (nSPS) is 20.5. The van der Waals surface area contributed by atoms with Gasteiger partial charge in [0.2, 0.25) is 5.91 Å². The Morgan fingerprint density at radius 2 is 2.08 bits per heavy atom. The second kappa shape index (κ2) is 8.98. The monoisotopic (exact) mass is 341 g/mol. The summed E-state index contributed by atoms with van der Waals surface area (Å²) < 4.78 is 5.39. The van der Waals surface area contributed by atoms with E-state index in [2.05, 4.69) is 29.2 Å². The maximum absolute atomic E-state index is 13.2. The third kappa shape index (κ3) is 4.59. The minimum absolute atomic E-state index is 0.0478. The number of ether oxygens (including phenoxy) is 1. The van der Waals surface area contributed by atoms with Gasteiger partial charge in [0.25, 0.3) is 0 Å². The summed E-state index contributed by atoms with van der Waals surface area (Å²) in [6.45, 7) is 5.45. The fraction of sp³-hybridized carbons (Fsp3) is 0.600. The third-order valence-corrected chi connectivity index (χ3v) is 5.26. The largest absolute Gasteiger partial charge is 0.379 e. The van der Waals surface area contributed by atoms with Crippen LogP contribution < -0.4 is 0 Å². The smallest absolute Gasteiger partial charge is 0.230 e. The minimum Gasteiger partial charge on any atom is -0.379 e. The maximum atomic E-state index is 13.2. The van der Waals surface area contributed by atoms with Gasteiger partial charge in [0.1, 0.15) is 0 Å². The van der Waals surface area contributed by atoms with E-state index < -0.39 is 0 Å². The van der Waals surface area contributed by atoms with E-state index in [1.54, 1.807) is 0 Å². The predicted molar refractivity (Wildman–Crippen MR) is 96.2 cm³/mol. The van der Waals surface area contributed by atoms with E-state index in [1.165, 1.54) is 11.1 Å². The fourth-order valence-electron chi connectivity index (χ4n) is 3.83. The van der Waals surface area contributed by atoms with E-state index in [-0.39, 0.29) is 11.8 Å². The average molecular weight is 341 g/mol. The van der Waals surface area contributed by atoms with Crippen LogP contribution in [0.3, 0.4) is 0 Å². The number of hydrogen-bond acceptors (Lipinski definition) is 4. The summed E-state index contributed by atoms with van der Waals surface area (Å²) >= 11 is 0. The molecule has 1 atom stereocenters. The van der Waals surface area contributed by atoms with Crippen LogP contribution in [0.4, 0.5) is 0 Å². The van der Waals surface area contributed by atoms with Gasteiger partial charge in [-0.3, -0.25) is 9.69 Å². The van der Waals surface area contributed by atoms with Crippen LogP contribution >= 0.6 is 0 Å². The zero-order chi connectivity index (χ0) is 17.5. The molecule has 5 heteroatoms. The van der Waals surface area contributed by atoms with Crippen LogP contribution in [0.25, 0.3) is 0 Å². The molecule has 0 aromatic heterocycles. The van der Waals surface area contributed by atoms with Gasteiger partial charge in [-0.05, 0) is 30.4 Å². The molecular weight excluding hydrogens is 314 g/mol. The Labute approximate surface area is 150 Å². The van der Waals surface area contributed by atoms with Crippen LogP contribution in [-0.2, 0) is 16.0 Å². The molecule has 25 heavy (non-hydrogen) atoms. The Kier molecular flexibility index (Phi) is 6.43. The molecule has 0 spiro atoms. The van der Waals surface area contributed by atoms with Gasteiger partial charge in [-0.15, -0.1) is 0 Å². The van der Waals surface area contributed by atoms with Crippen LogP contribution in [0.1, 0.15) is 36.3 Å². The van der Waals surface area contributed by atoms with Crippen molar-refractivity contribution in [2.45, 2.75) is 31.6 Å². The molecule has 1 saturated heterocycles. The molecule has 0 N–H and O–H groups in total. The number of carbonyl (C=O) groups excluding carboxylic acids is 1. The minimum atomic E-state index is -0.0478. The number of rotatable bonds is 6. The van der Waals surface area contributed by atoms with Gasteiger partial charge in [0.05, 0.1) is 31.6 Å². The zero-order valence-corrected chi connectivity index (χ0v) is 14.8. The van der Waals surface area contributed by atoms with E-state index >= 15 is 0 Å². The number of amides is 1. The first-order valence-electron chi connectivity index (χ1n) is 9.33. The van der Waals surface area contributed by atoms with Crippen molar-refractivity contribution < 1.29 is 9.53 Å². The molecule has 1 fully saturated rings. The summed E-state index contributed by atoms with van der Waals surface area (Å²) in [4.78, 5) is 17.5. The van der Waals surface area contributed by atoms with Gasteiger partial charge in [-0.2, -0.15) is 5.26 Å². The Hall–Kier alpha value is -1.90. The van der Waals surface area contributed by atoms with E-state index in [4.69, 9.17) is 10.00 Å². The Balaban J connectivity index is 1.67. The van der Waals surface area contributed by atoms with Crippen LogP contribution in [-0.4, -0.2) is 61.6 Å². The highest BCUT2D eigenvalue weighted by Gasteiger charge is 2.29. The summed E-state index contributed by atoms with van der Waals surface area (Å²) in [7, 11) is 0. The van der Waals surface area contributed by atoms with Crippen LogP contribution in [0.15, 0.2) is 24.3 Å². The number of fused-ring (bicyclic) bond motifs is 1. The van der Waals surface area contributed by atoms with Crippen molar-refractivity contribution in [1.29, 1.82) is 5.26 Å². The Morgan fingerprint density at radius 1 is 1.28 bits per heavy atom. The lowest BCUT2D eigenvalue weighted by molar-refractivity contribution is -0.133. The van der Waals surface area contributed by atoms with Gasteiger partial charge in [0, 0.05) is 32.7 Å². The molecule has 0 saturated carbocycles. The van der Waals surface area contributed by atoms with Gasteiger partial charge in [-0.25, -0.2) is 0 Å². The first kappa shape index (κ1) is 17.9. The van der Waals surface area contributed by atoms with Crippen molar-refractivity contribution in [2.75, 3.05) is 45.9 Å². The van der Waals surface area contributed by atoms with Gasteiger partial charge < -0.3 is 9.64 Å². The lowest BCUT2D eigenvalue weighted by atomic mass is 9.82. The molecule has 1 amide bonds. The lowest BCUT2D eigenvalue weighted by Gasteiger charge is -2.33. The van der Waals surface area contributed by atoms with E-state index in [1.807, 2.05) is 11.0 Å². The first-order chi connectivity index (χ1) is 12.3. The SMILES string of the molecule is N#CCCN(CCN1CCOCC1)C(=O)[C@@H]1CCCc2ccccc21. The van der Waals surface area contributed by atoms with E-state index in [9.17, 15) is 4.79 Å². The van der Waals surface area contributed by atoms with Crippen molar-refractivity contribution in [2.24, 2.45) is 0 Å². The molecule has 1 aliphatic carbocycles. The van der Waals surface area contributed by atoms with E-state index in [0.29, 0.717) is 19.5 Å². The van der Waals surface area contributed by atoms with Gasteiger partial charge >= 0.3 is 0 Å². The molecule has 1 aromatic rings. The number of carbonyl (C=O) groups is 1. The van der Waals surface area contributed by atoms with Crippen molar-refractivity contribution in [3.05, 3.63) is 35.4 Å². The van der Waals surface area contributed by atoms with Crippen LogP contribution in [0.2, 0.25) is 0 Å².